The van der Waals surface area contributed by atoms with Crippen LogP contribution in [0.25, 0.3) is 0 Å². The molecule has 0 unspecified atom stereocenters. The fourth-order valence-corrected chi connectivity index (χ4v) is 3.57. The van der Waals surface area contributed by atoms with E-state index in [2.05, 4.69) is 5.32 Å². The minimum atomic E-state index is -0.881. The lowest BCUT2D eigenvalue weighted by Gasteiger charge is -2.22. The molecule has 2 N–H and O–H groups in total. The maximum atomic E-state index is 12.4. The first kappa shape index (κ1) is 15.1. The Morgan fingerprint density at radius 1 is 1.14 bits per heavy atom. The van der Waals surface area contributed by atoms with Crippen LogP contribution in [0.1, 0.15) is 21.5 Å². The molecular weight excluding hydrogens is 294 g/mol. The Balaban J connectivity index is 1.67. The molecule has 0 spiro atoms. The first-order chi connectivity index (χ1) is 10.6. The molecule has 1 amide bonds. The Labute approximate surface area is 134 Å². The van der Waals surface area contributed by atoms with Crippen molar-refractivity contribution in [2.24, 2.45) is 0 Å². The van der Waals surface area contributed by atoms with Crippen molar-refractivity contribution in [3.8, 4) is 0 Å². The largest absolute Gasteiger partial charge is 0.387 e. The average Bonchev–Trinajstić information content (AvgIpc) is 2.89. The molecule has 3 nitrogen and oxygen atoms in total. The van der Waals surface area contributed by atoms with Crippen molar-refractivity contribution in [3.05, 3.63) is 65.2 Å². The van der Waals surface area contributed by atoms with Gasteiger partial charge in [-0.2, -0.15) is 0 Å². The number of rotatable bonds is 4. The lowest BCUT2D eigenvalue weighted by molar-refractivity contribution is 0.0479. The summed E-state index contributed by atoms with van der Waals surface area (Å²) in [4.78, 5) is 13.3. The van der Waals surface area contributed by atoms with Crippen molar-refractivity contribution < 1.29 is 9.90 Å². The number of carbonyl (C=O) groups excluding carboxylic acids is 1. The quantitative estimate of drug-likeness (QED) is 0.853. The number of amides is 1. The molecule has 0 radical (unpaired) electrons. The van der Waals surface area contributed by atoms with Crippen LogP contribution in [-0.2, 0) is 12.8 Å². The molecule has 0 atom stereocenters. The van der Waals surface area contributed by atoms with Gasteiger partial charge in [-0.25, -0.2) is 0 Å². The van der Waals surface area contributed by atoms with E-state index in [0.29, 0.717) is 18.4 Å². The molecule has 1 aliphatic carbocycles. The third kappa shape index (κ3) is 3.03. The molecule has 3 rings (SSSR count). The van der Waals surface area contributed by atoms with E-state index < -0.39 is 5.60 Å². The number of carbonyl (C=O) groups is 1. The molecule has 22 heavy (non-hydrogen) atoms. The highest BCUT2D eigenvalue weighted by molar-refractivity contribution is 7.98. The van der Waals surface area contributed by atoms with E-state index in [4.69, 9.17) is 0 Å². The van der Waals surface area contributed by atoms with E-state index in [0.717, 1.165) is 4.90 Å². The zero-order valence-corrected chi connectivity index (χ0v) is 13.3. The van der Waals surface area contributed by atoms with E-state index in [1.807, 2.05) is 54.8 Å². The summed E-state index contributed by atoms with van der Waals surface area (Å²) < 4.78 is 0. The second-order valence-corrected chi connectivity index (χ2v) is 6.58. The minimum absolute atomic E-state index is 0.130. The van der Waals surface area contributed by atoms with Gasteiger partial charge in [-0.15, -0.1) is 11.8 Å². The number of nitrogens with one attached hydrogen (secondary N) is 1. The Bertz CT molecular complexity index is 674. The predicted octanol–water partition coefficient (Wildman–Crippen LogP) is 2.67. The van der Waals surface area contributed by atoms with Crippen LogP contribution in [0.3, 0.4) is 0 Å². The highest BCUT2D eigenvalue weighted by Gasteiger charge is 2.35. The Hall–Kier alpha value is -1.78. The molecule has 0 bridgehead atoms. The highest BCUT2D eigenvalue weighted by atomic mass is 32.2. The molecule has 0 saturated carbocycles. The van der Waals surface area contributed by atoms with Crippen LogP contribution < -0.4 is 5.32 Å². The minimum Gasteiger partial charge on any atom is -0.387 e. The molecule has 0 aromatic heterocycles. The van der Waals surface area contributed by atoms with Crippen molar-refractivity contribution in [1.82, 2.24) is 5.32 Å². The molecule has 0 aliphatic heterocycles. The van der Waals surface area contributed by atoms with Gasteiger partial charge >= 0.3 is 0 Å². The molecule has 0 saturated heterocycles. The van der Waals surface area contributed by atoms with Crippen molar-refractivity contribution in [2.45, 2.75) is 23.3 Å². The fourth-order valence-electron chi connectivity index (χ4n) is 2.97. The molecule has 114 valence electrons. The van der Waals surface area contributed by atoms with Crippen LogP contribution in [0.4, 0.5) is 0 Å². The van der Waals surface area contributed by atoms with Crippen LogP contribution in [-0.4, -0.2) is 29.4 Å². The fraction of sp³-hybridized carbons (Fsp3) is 0.278. The monoisotopic (exact) mass is 313 g/mol. The van der Waals surface area contributed by atoms with Gasteiger partial charge in [0.1, 0.15) is 0 Å². The van der Waals surface area contributed by atoms with Gasteiger partial charge in [-0.05, 0) is 29.5 Å². The van der Waals surface area contributed by atoms with Crippen LogP contribution in [0.2, 0.25) is 0 Å². The Kier molecular flexibility index (Phi) is 4.23. The Morgan fingerprint density at radius 2 is 1.73 bits per heavy atom. The third-order valence-corrected chi connectivity index (χ3v) is 4.88. The van der Waals surface area contributed by atoms with E-state index >= 15 is 0 Å². The summed E-state index contributed by atoms with van der Waals surface area (Å²) in [5.74, 6) is -0.130. The van der Waals surface area contributed by atoms with Crippen LogP contribution in [0.5, 0.6) is 0 Å². The molecule has 2 aromatic carbocycles. The van der Waals surface area contributed by atoms with Gasteiger partial charge in [-0.1, -0.05) is 36.4 Å². The topological polar surface area (TPSA) is 49.3 Å². The smallest absolute Gasteiger partial charge is 0.252 e. The number of hydrogen-bond acceptors (Lipinski definition) is 3. The number of benzene rings is 2. The summed E-state index contributed by atoms with van der Waals surface area (Å²) in [6, 6.07) is 15.6. The van der Waals surface area contributed by atoms with Gasteiger partial charge in [0.15, 0.2) is 0 Å². The van der Waals surface area contributed by atoms with E-state index in [-0.39, 0.29) is 12.5 Å². The van der Waals surface area contributed by atoms with Gasteiger partial charge in [0, 0.05) is 24.3 Å². The zero-order chi connectivity index (χ0) is 15.6. The van der Waals surface area contributed by atoms with Crippen molar-refractivity contribution in [3.63, 3.8) is 0 Å². The van der Waals surface area contributed by atoms with Gasteiger partial charge in [0.2, 0.25) is 0 Å². The van der Waals surface area contributed by atoms with Crippen LogP contribution >= 0.6 is 11.8 Å². The third-order valence-electron chi connectivity index (χ3n) is 4.09. The standard InChI is InChI=1S/C18H19NO2S/c1-22-16-9-5-4-8-15(16)17(20)19-12-18(21)10-13-6-2-3-7-14(13)11-18/h2-9,21H,10-12H2,1H3,(H,19,20). The molecule has 4 heteroatoms. The number of hydrogen-bond donors (Lipinski definition) is 2. The normalized spacial score (nSPS) is 15.4. The second kappa shape index (κ2) is 6.15. The van der Waals surface area contributed by atoms with Crippen molar-refractivity contribution >= 4 is 17.7 Å². The van der Waals surface area contributed by atoms with Gasteiger partial charge < -0.3 is 10.4 Å². The highest BCUT2D eigenvalue weighted by Crippen LogP contribution is 2.29. The van der Waals surface area contributed by atoms with Gasteiger partial charge in [0.25, 0.3) is 5.91 Å². The first-order valence-corrected chi connectivity index (χ1v) is 8.54. The maximum absolute atomic E-state index is 12.4. The van der Waals surface area contributed by atoms with Crippen molar-refractivity contribution in [1.29, 1.82) is 0 Å². The molecule has 2 aromatic rings. The maximum Gasteiger partial charge on any atom is 0.252 e. The van der Waals surface area contributed by atoms with Gasteiger partial charge in [0.05, 0.1) is 11.2 Å². The van der Waals surface area contributed by atoms with Crippen molar-refractivity contribution in [2.75, 3.05) is 12.8 Å². The Morgan fingerprint density at radius 3 is 2.36 bits per heavy atom. The summed E-state index contributed by atoms with van der Waals surface area (Å²) in [6.45, 7) is 0.267. The zero-order valence-electron chi connectivity index (χ0n) is 12.5. The number of aliphatic hydroxyl groups is 1. The second-order valence-electron chi connectivity index (χ2n) is 5.73. The van der Waals surface area contributed by atoms with E-state index in [1.165, 1.54) is 11.1 Å². The summed E-state index contributed by atoms with van der Waals surface area (Å²) in [5.41, 5.74) is 2.12. The summed E-state index contributed by atoms with van der Waals surface area (Å²) in [7, 11) is 0. The summed E-state index contributed by atoms with van der Waals surface area (Å²) in [5, 5.41) is 13.6. The summed E-state index contributed by atoms with van der Waals surface area (Å²) >= 11 is 1.55. The lowest BCUT2D eigenvalue weighted by atomic mass is 10.0. The van der Waals surface area contributed by atoms with Crippen LogP contribution in [0, 0.1) is 0 Å². The molecular formula is C18H19NO2S. The van der Waals surface area contributed by atoms with E-state index in [9.17, 15) is 9.90 Å². The SMILES string of the molecule is CSc1ccccc1C(=O)NCC1(O)Cc2ccccc2C1. The molecule has 0 heterocycles. The first-order valence-electron chi connectivity index (χ1n) is 7.32. The predicted molar refractivity (Wildman–Crippen MR) is 89.4 cm³/mol. The average molecular weight is 313 g/mol. The summed E-state index contributed by atoms with van der Waals surface area (Å²) in [6.07, 6.45) is 3.13. The number of thioether (sulfide) groups is 1. The van der Waals surface area contributed by atoms with Gasteiger partial charge in [-0.3, -0.25) is 4.79 Å². The number of fused-ring (bicyclic) bond motifs is 1. The van der Waals surface area contributed by atoms with E-state index in [1.54, 1.807) is 11.8 Å². The van der Waals surface area contributed by atoms with Crippen LogP contribution in [0.15, 0.2) is 53.4 Å². The molecule has 1 aliphatic rings. The molecule has 0 fully saturated rings. The lowest BCUT2D eigenvalue weighted by Crippen LogP contribution is -2.43.